The van der Waals surface area contributed by atoms with Crippen LogP contribution in [0.5, 0.6) is 0 Å². The van der Waals surface area contributed by atoms with Gasteiger partial charge in [-0.1, -0.05) is 6.07 Å². The van der Waals surface area contributed by atoms with Crippen molar-refractivity contribution in [2.45, 2.75) is 39.3 Å². The van der Waals surface area contributed by atoms with Crippen LogP contribution in [0, 0.1) is 6.92 Å². The number of carbonyl (C=O) groups is 1. The summed E-state index contributed by atoms with van der Waals surface area (Å²) in [5, 5.41) is 16.7. The van der Waals surface area contributed by atoms with Gasteiger partial charge in [-0.05, 0) is 50.1 Å². The average Bonchev–Trinajstić information content (AvgIpc) is 3.19. The third kappa shape index (κ3) is 5.99. The molecule has 3 aromatic rings. The van der Waals surface area contributed by atoms with E-state index in [-0.39, 0.29) is 24.7 Å². The van der Waals surface area contributed by atoms with Crippen LogP contribution in [0.15, 0.2) is 42.9 Å². The molecule has 0 aliphatic heterocycles. The molecule has 0 saturated heterocycles. The van der Waals surface area contributed by atoms with Gasteiger partial charge in [-0.3, -0.25) is 9.58 Å². The molecule has 33 heavy (non-hydrogen) atoms. The maximum Gasteiger partial charge on any atom is 0.407 e. The molecule has 1 amide bonds. The second-order valence-corrected chi connectivity index (χ2v) is 8.18. The van der Waals surface area contributed by atoms with Gasteiger partial charge in [0.1, 0.15) is 12.4 Å². The van der Waals surface area contributed by atoms with Crippen LogP contribution < -0.4 is 5.32 Å². The lowest BCUT2D eigenvalue weighted by atomic mass is 10.0. The number of nitrogens with one attached hydrogen (secondary N) is 1. The summed E-state index contributed by atoms with van der Waals surface area (Å²) in [4.78, 5) is 20.4. The lowest BCUT2D eigenvalue weighted by Crippen LogP contribution is -2.50. The van der Waals surface area contributed by atoms with Crippen LogP contribution in [-0.2, 0) is 6.54 Å². The second-order valence-electron chi connectivity index (χ2n) is 8.18. The Bertz CT molecular complexity index is 1120. The topological polar surface area (TPSA) is 96.2 Å². The molecule has 0 aliphatic rings. The summed E-state index contributed by atoms with van der Waals surface area (Å²) < 4.78 is 40.2. The van der Waals surface area contributed by atoms with Crippen LogP contribution >= 0.6 is 0 Å². The van der Waals surface area contributed by atoms with Crippen molar-refractivity contribution in [1.29, 1.82) is 0 Å². The van der Waals surface area contributed by atoms with Gasteiger partial charge in [0.15, 0.2) is 0 Å². The first kappa shape index (κ1) is 24.0. The van der Waals surface area contributed by atoms with Gasteiger partial charge in [-0.25, -0.2) is 27.9 Å². The van der Waals surface area contributed by atoms with Gasteiger partial charge in [0.2, 0.25) is 5.95 Å². The third-order valence-electron chi connectivity index (χ3n) is 5.02. The number of rotatable bonds is 9. The highest BCUT2D eigenvalue weighted by Crippen LogP contribution is 2.27. The predicted octanol–water partition coefficient (Wildman–Crippen LogP) is 5.06. The van der Waals surface area contributed by atoms with Crippen LogP contribution in [0.2, 0.25) is 0 Å². The number of aromatic nitrogens is 4. The summed E-state index contributed by atoms with van der Waals surface area (Å²) in [5.74, 6) is 0.0587. The zero-order valence-electron chi connectivity index (χ0n) is 18.5. The molecule has 3 rings (SSSR count). The molecule has 8 nitrogen and oxygen atoms in total. The zero-order valence-corrected chi connectivity index (χ0v) is 18.5. The molecule has 0 radical (unpaired) electrons. The Balaban J connectivity index is 1.82. The molecular formula is C22H25F3N6O2. The van der Waals surface area contributed by atoms with E-state index in [1.165, 1.54) is 6.20 Å². The summed E-state index contributed by atoms with van der Waals surface area (Å²) in [6.07, 6.45) is 0.783. The number of carboxylic acid groups (broad SMARTS) is 1. The Morgan fingerprint density at radius 3 is 2.70 bits per heavy atom. The van der Waals surface area contributed by atoms with Crippen LogP contribution in [0.3, 0.4) is 0 Å². The quantitative estimate of drug-likeness (QED) is 0.462. The van der Waals surface area contributed by atoms with E-state index in [1.54, 1.807) is 30.9 Å². The summed E-state index contributed by atoms with van der Waals surface area (Å²) in [6.45, 7) is 4.53. The molecule has 2 N–H and O–H groups in total. The van der Waals surface area contributed by atoms with Gasteiger partial charge in [-0.2, -0.15) is 5.10 Å². The molecule has 1 aromatic carbocycles. The molecule has 176 valence electrons. The number of anilines is 2. The Kier molecular flexibility index (Phi) is 7.19. The molecule has 0 spiro atoms. The number of aryl methyl sites for hydroxylation is 1. The van der Waals surface area contributed by atoms with E-state index in [2.05, 4.69) is 20.4 Å². The van der Waals surface area contributed by atoms with Crippen molar-refractivity contribution in [3.63, 3.8) is 0 Å². The van der Waals surface area contributed by atoms with Crippen molar-refractivity contribution in [1.82, 2.24) is 24.6 Å². The number of halogens is 3. The smallest absolute Gasteiger partial charge is 0.407 e. The normalized spacial score (nSPS) is 11.6. The van der Waals surface area contributed by atoms with Crippen molar-refractivity contribution >= 4 is 17.7 Å². The Morgan fingerprint density at radius 2 is 2.03 bits per heavy atom. The zero-order chi connectivity index (χ0) is 24.2. The summed E-state index contributed by atoms with van der Waals surface area (Å²) in [7, 11) is 0. The van der Waals surface area contributed by atoms with Crippen LogP contribution in [0.1, 0.15) is 31.5 Å². The lowest BCUT2D eigenvalue weighted by molar-refractivity contribution is 0.0765. The number of amides is 1. The van der Waals surface area contributed by atoms with Gasteiger partial charge < -0.3 is 10.4 Å². The van der Waals surface area contributed by atoms with Gasteiger partial charge >= 0.3 is 6.09 Å². The fourth-order valence-electron chi connectivity index (χ4n) is 3.53. The van der Waals surface area contributed by atoms with E-state index >= 15 is 0 Å². The fraction of sp³-hybridized carbons (Fsp3) is 0.364. The average molecular weight is 462 g/mol. The van der Waals surface area contributed by atoms with Gasteiger partial charge in [0.25, 0.3) is 6.43 Å². The van der Waals surface area contributed by atoms with E-state index in [4.69, 9.17) is 0 Å². The number of benzene rings is 1. The highest BCUT2D eigenvalue weighted by molar-refractivity contribution is 5.70. The van der Waals surface area contributed by atoms with Crippen LogP contribution in [-0.4, -0.2) is 54.6 Å². The Hall–Kier alpha value is -3.63. The molecule has 0 unspecified atom stereocenters. The highest BCUT2D eigenvalue weighted by Gasteiger charge is 2.31. The first-order valence-electron chi connectivity index (χ1n) is 10.2. The van der Waals surface area contributed by atoms with Gasteiger partial charge in [0.05, 0.1) is 24.8 Å². The minimum absolute atomic E-state index is 0.0587. The Morgan fingerprint density at radius 1 is 1.27 bits per heavy atom. The largest absolute Gasteiger partial charge is 0.465 e. The minimum Gasteiger partial charge on any atom is -0.465 e. The molecule has 0 atom stereocenters. The predicted molar refractivity (Wildman–Crippen MR) is 117 cm³/mol. The van der Waals surface area contributed by atoms with Gasteiger partial charge in [-0.15, -0.1) is 0 Å². The monoisotopic (exact) mass is 462 g/mol. The molecule has 0 saturated carbocycles. The first-order valence-corrected chi connectivity index (χ1v) is 10.2. The standard InChI is InChI=1S/C22H25F3N6O2/c1-14-8-15(10-17(9-14)28-20-26-6-4-18(29-20)19(24)25)16-11-27-30(12-16)13-22(2,3)31(7-5-23)21(32)33/h4,6,8-12,19H,5,7,13H2,1-3H3,(H,32,33)(H,26,28,29). The third-order valence-corrected chi connectivity index (χ3v) is 5.02. The second kappa shape index (κ2) is 9.88. The van der Waals surface area contributed by atoms with Crippen molar-refractivity contribution in [2.24, 2.45) is 0 Å². The number of hydrogen-bond donors (Lipinski definition) is 2. The fourth-order valence-corrected chi connectivity index (χ4v) is 3.53. The van der Waals surface area contributed by atoms with E-state index in [0.717, 1.165) is 27.7 Å². The summed E-state index contributed by atoms with van der Waals surface area (Å²) in [5.41, 5.74) is 1.86. The van der Waals surface area contributed by atoms with E-state index in [1.807, 2.05) is 25.1 Å². The minimum atomic E-state index is -2.70. The van der Waals surface area contributed by atoms with Crippen molar-refractivity contribution in [3.8, 4) is 11.1 Å². The summed E-state index contributed by atoms with van der Waals surface area (Å²) >= 11 is 0. The van der Waals surface area contributed by atoms with E-state index < -0.39 is 24.7 Å². The molecule has 0 aliphatic carbocycles. The number of hydrogen-bond acceptors (Lipinski definition) is 5. The maximum atomic E-state index is 12.9. The molecule has 2 heterocycles. The van der Waals surface area contributed by atoms with Gasteiger partial charge in [0, 0.05) is 23.6 Å². The maximum absolute atomic E-state index is 12.9. The highest BCUT2D eigenvalue weighted by atomic mass is 19.3. The van der Waals surface area contributed by atoms with E-state index in [0.29, 0.717) is 5.69 Å². The van der Waals surface area contributed by atoms with Crippen molar-refractivity contribution in [3.05, 3.63) is 54.1 Å². The van der Waals surface area contributed by atoms with E-state index in [9.17, 15) is 23.1 Å². The summed E-state index contributed by atoms with van der Waals surface area (Å²) in [6, 6.07) is 6.73. The first-order chi connectivity index (χ1) is 15.6. The van der Waals surface area contributed by atoms with Crippen LogP contribution in [0.25, 0.3) is 11.1 Å². The molecule has 0 fully saturated rings. The molecule has 0 bridgehead atoms. The van der Waals surface area contributed by atoms with Crippen molar-refractivity contribution < 1.29 is 23.1 Å². The van der Waals surface area contributed by atoms with Crippen molar-refractivity contribution in [2.75, 3.05) is 18.5 Å². The SMILES string of the molecule is Cc1cc(Nc2nccc(C(F)F)n2)cc(-c2cnn(CC(C)(C)N(CCF)C(=O)O)c2)c1. The molecule has 2 aromatic heterocycles. The Labute approximate surface area is 189 Å². The number of alkyl halides is 3. The van der Waals surface area contributed by atoms with Crippen LogP contribution in [0.4, 0.5) is 29.6 Å². The lowest BCUT2D eigenvalue weighted by Gasteiger charge is -2.35. The molecular weight excluding hydrogens is 437 g/mol. The molecule has 11 heteroatoms. The number of nitrogens with zero attached hydrogens (tertiary/aromatic N) is 5.